The van der Waals surface area contributed by atoms with Crippen LogP contribution in [0.1, 0.15) is 98.4 Å². The zero-order valence-electron chi connectivity index (χ0n) is 39.6. The number of aromatic hydroxyl groups is 1. The first-order valence-electron chi connectivity index (χ1n) is 23.0. The molecule has 13 nitrogen and oxygen atoms in total. The first-order chi connectivity index (χ1) is 31.2. The molecule has 4 atom stereocenters. The van der Waals surface area contributed by atoms with Crippen LogP contribution < -0.4 is 0 Å². The van der Waals surface area contributed by atoms with Crippen molar-refractivity contribution in [2.75, 3.05) is 39.3 Å². The van der Waals surface area contributed by atoms with Crippen LogP contribution in [0.4, 0.5) is 9.59 Å². The van der Waals surface area contributed by atoms with Crippen molar-refractivity contribution in [2.24, 2.45) is 0 Å². The van der Waals surface area contributed by atoms with Crippen molar-refractivity contribution < 1.29 is 33.8 Å². The lowest BCUT2D eigenvalue weighted by Gasteiger charge is -2.46. The molecule has 4 aliphatic heterocycles. The number of rotatable bonds is 8. The third kappa shape index (κ3) is 12.1. The SMILES string of the molecule is C[C@@H]1CN(Cc2ccccc2)[C@@H](CN2Cc3cc(Br)ccc3C2=O)CN1C(=O)OC(C)(C)C.C[C@@H]1CN(Cc2ccccc2)[C@@H](CN2Cc3cc(O)ccc3C2=O)CN1C(=O)OC(C)(C)C. The van der Waals surface area contributed by atoms with Gasteiger partial charge in [0, 0.05) is 105 Å². The molecule has 4 amide bonds. The summed E-state index contributed by atoms with van der Waals surface area (Å²) in [7, 11) is 0. The monoisotopic (exact) mass is 964 g/mol. The Morgan fingerprint density at radius 1 is 0.606 bits per heavy atom. The van der Waals surface area contributed by atoms with Crippen LogP contribution in [0.25, 0.3) is 0 Å². The Labute approximate surface area is 398 Å². The number of carbonyl (C=O) groups excluding carboxylic acids is 4. The maximum Gasteiger partial charge on any atom is 0.410 e. The van der Waals surface area contributed by atoms with E-state index in [9.17, 15) is 24.3 Å². The lowest BCUT2D eigenvalue weighted by molar-refractivity contribution is -0.0199. The summed E-state index contributed by atoms with van der Waals surface area (Å²) in [6.07, 6.45) is -0.611. The molecule has 0 radical (unpaired) electrons. The summed E-state index contributed by atoms with van der Waals surface area (Å²) in [5, 5.41) is 9.82. The van der Waals surface area contributed by atoms with E-state index in [0.717, 1.165) is 40.8 Å². The molecule has 2 fully saturated rings. The van der Waals surface area contributed by atoms with Crippen molar-refractivity contribution >= 4 is 39.9 Å². The molecule has 8 rings (SSSR count). The van der Waals surface area contributed by atoms with Gasteiger partial charge in [-0.2, -0.15) is 0 Å². The van der Waals surface area contributed by atoms with Crippen LogP contribution in [0.5, 0.6) is 5.75 Å². The Balaban J connectivity index is 0.000000196. The Kier molecular flexibility index (Phi) is 14.8. The predicted molar refractivity (Wildman–Crippen MR) is 258 cm³/mol. The molecule has 4 aliphatic rings. The molecule has 1 N–H and O–H groups in total. The van der Waals surface area contributed by atoms with Gasteiger partial charge in [-0.05, 0) is 114 Å². The normalized spacial score (nSPS) is 21.3. The van der Waals surface area contributed by atoms with Gasteiger partial charge in [-0.1, -0.05) is 76.6 Å². The Hall–Kier alpha value is -5.44. The van der Waals surface area contributed by atoms with E-state index >= 15 is 0 Å². The maximum absolute atomic E-state index is 13.1. The van der Waals surface area contributed by atoms with E-state index in [1.807, 2.05) is 118 Å². The van der Waals surface area contributed by atoms with E-state index in [1.165, 1.54) is 11.1 Å². The molecule has 0 bridgehead atoms. The first kappa shape index (κ1) is 48.5. The molecule has 352 valence electrons. The molecule has 2 saturated heterocycles. The van der Waals surface area contributed by atoms with Gasteiger partial charge >= 0.3 is 12.2 Å². The van der Waals surface area contributed by atoms with Crippen LogP contribution in [0, 0.1) is 0 Å². The topological polar surface area (TPSA) is 126 Å². The van der Waals surface area contributed by atoms with E-state index in [-0.39, 0.29) is 53.9 Å². The number of hydrogen-bond donors (Lipinski definition) is 1. The number of fused-ring (bicyclic) bond motifs is 2. The van der Waals surface area contributed by atoms with Crippen molar-refractivity contribution in [2.45, 2.75) is 117 Å². The number of phenols is 1. The molecule has 0 spiro atoms. The summed E-state index contributed by atoms with van der Waals surface area (Å²) in [4.78, 5) is 64.1. The van der Waals surface area contributed by atoms with E-state index in [1.54, 1.807) is 23.1 Å². The van der Waals surface area contributed by atoms with E-state index in [0.29, 0.717) is 51.4 Å². The van der Waals surface area contributed by atoms with Gasteiger partial charge in [-0.3, -0.25) is 19.4 Å². The van der Waals surface area contributed by atoms with Gasteiger partial charge in [0.15, 0.2) is 0 Å². The van der Waals surface area contributed by atoms with Crippen molar-refractivity contribution in [3.05, 3.63) is 135 Å². The van der Waals surface area contributed by atoms with Crippen LogP contribution >= 0.6 is 15.9 Å². The summed E-state index contributed by atoms with van der Waals surface area (Å²) < 4.78 is 12.3. The number of piperazine rings is 2. The first-order valence-corrected chi connectivity index (χ1v) is 23.7. The minimum atomic E-state index is -0.567. The Morgan fingerprint density at radius 2 is 1.02 bits per heavy atom. The fraction of sp³-hybridized carbons (Fsp3) is 0.462. The fourth-order valence-corrected chi connectivity index (χ4v) is 9.67. The summed E-state index contributed by atoms with van der Waals surface area (Å²) >= 11 is 3.51. The van der Waals surface area contributed by atoms with Gasteiger partial charge in [0.2, 0.25) is 0 Å². The second-order valence-corrected chi connectivity index (χ2v) is 21.0. The molecule has 0 aliphatic carbocycles. The zero-order chi connectivity index (χ0) is 47.5. The molecule has 4 aromatic carbocycles. The van der Waals surface area contributed by atoms with Crippen LogP contribution in [-0.4, -0.2) is 133 Å². The van der Waals surface area contributed by atoms with Crippen molar-refractivity contribution in [3.63, 3.8) is 0 Å². The van der Waals surface area contributed by atoms with E-state index < -0.39 is 11.2 Å². The van der Waals surface area contributed by atoms with Gasteiger partial charge in [0.25, 0.3) is 11.8 Å². The van der Waals surface area contributed by atoms with Crippen molar-refractivity contribution in [1.82, 2.24) is 29.4 Å². The number of phenolic OH excluding ortho intramolecular Hbond substituents is 1. The molecule has 0 aromatic heterocycles. The minimum Gasteiger partial charge on any atom is -0.508 e. The molecular formula is C52H65BrN6O7. The number of benzene rings is 4. The Morgan fingerprint density at radius 3 is 1.44 bits per heavy atom. The second-order valence-electron chi connectivity index (χ2n) is 20.1. The number of hydrogen-bond acceptors (Lipinski definition) is 9. The summed E-state index contributed by atoms with van der Waals surface area (Å²) in [5.41, 5.74) is 4.58. The van der Waals surface area contributed by atoms with Gasteiger partial charge in [-0.15, -0.1) is 0 Å². The molecule has 0 unspecified atom stereocenters. The number of amides is 4. The highest BCUT2D eigenvalue weighted by molar-refractivity contribution is 9.10. The van der Waals surface area contributed by atoms with Crippen LogP contribution in [0.15, 0.2) is 102 Å². The predicted octanol–water partition coefficient (Wildman–Crippen LogP) is 8.77. The minimum absolute atomic E-state index is 0.00984. The molecule has 14 heteroatoms. The number of halogens is 1. The molecule has 66 heavy (non-hydrogen) atoms. The van der Waals surface area contributed by atoms with Gasteiger partial charge in [-0.25, -0.2) is 9.59 Å². The summed E-state index contributed by atoms with van der Waals surface area (Å²) in [5.74, 6) is 0.184. The van der Waals surface area contributed by atoms with Crippen LogP contribution in [0.2, 0.25) is 0 Å². The maximum atomic E-state index is 13.1. The highest BCUT2D eigenvalue weighted by Crippen LogP contribution is 2.31. The average molecular weight is 966 g/mol. The zero-order valence-corrected chi connectivity index (χ0v) is 41.2. The third-order valence-electron chi connectivity index (χ3n) is 12.4. The lowest BCUT2D eigenvalue weighted by atomic mass is 10.1. The smallest absolute Gasteiger partial charge is 0.410 e. The average Bonchev–Trinajstić information content (AvgIpc) is 3.71. The highest BCUT2D eigenvalue weighted by atomic mass is 79.9. The molecule has 4 aromatic rings. The van der Waals surface area contributed by atoms with Gasteiger partial charge in [0.1, 0.15) is 17.0 Å². The quantitative estimate of drug-likeness (QED) is 0.185. The molecular weight excluding hydrogens is 901 g/mol. The van der Waals surface area contributed by atoms with Gasteiger partial charge in [0.05, 0.1) is 0 Å². The van der Waals surface area contributed by atoms with Crippen molar-refractivity contribution in [1.29, 1.82) is 0 Å². The number of nitrogens with zero attached hydrogens (tertiary/aromatic N) is 6. The third-order valence-corrected chi connectivity index (χ3v) is 12.9. The lowest BCUT2D eigenvalue weighted by Crippen LogP contribution is -2.61. The molecule has 4 heterocycles. The fourth-order valence-electron chi connectivity index (χ4n) is 9.26. The number of carbonyl (C=O) groups is 4. The van der Waals surface area contributed by atoms with E-state index in [4.69, 9.17) is 9.47 Å². The van der Waals surface area contributed by atoms with Crippen LogP contribution in [-0.2, 0) is 35.7 Å². The largest absolute Gasteiger partial charge is 0.508 e. The van der Waals surface area contributed by atoms with Crippen LogP contribution in [0.3, 0.4) is 0 Å². The van der Waals surface area contributed by atoms with Gasteiger partial charge < -0.3 is 34.2 Å². The van der Waals surface area contributed by atoms with Crippen molar-refractivity contribution in [3.8, 4) is 5.75 Å². The Bertz CT molecular complexity index is 2210. The van der Waals surface area contributed by atoms with E-state index in [2.05, 4.69) is 56.9 Å². The second kappa shape index (κ2) is 20.2. The standard InChI is InChI=1S/C26H32BrN3O3.C26H33N3O4/c1-18-13-28(14-19-8-6-5-7-9-19)22(17-30(18)25(32)33-26(2,3)4)16-29-15-20-12-21(27)10-11-23(20)24(29)31;1-18-13-27(14-19-8-6-5-7-9-19)21(17-29(18)25(32)33-26(2,3)4)16-28-15-20-12-22(30)10-11-23(20)24(28)31/h5-12,18,22H,13-17H2,1-4H3;5-12,18,21,30H,13-17H2,1-4H3/t18-,22+;18-,21+/m11/s1. The molecule has 0 saturated carbocycles. The highest BCUT2D eigenvalue weighted by Gasteiger charge is 2.41. The summed E-state index contributed by atoms with van der Waals surface area (Å²) in [6, 6.07) is 31.3. The number of ether oxygens (including phenoxy) is 2. The summed E-state index contributed by atoms with van der Waals surface area (Å²) in [6.45, 7) is 21.4.